The van der Waals surface area contributed by atoms with E-state index in [-0.39, 0.29) is 29.7 Å². The molecule has 2 heterocycles. The first-order valence-electron chi connectivity index (χ1n) is 9.17. The lowest BCUT2D eigenvalue weighted by molar-refractivity contribution is -0.137. The van der Waals surface area contributed by atoms with Gasteiger partial charge in [-0.15, -0.1) is 11.3 Å². The maximum atomic E-state index is 12.8. The number of thiophene rings is 1. The minimum Gasteiger partial charge on any atom is -0.348 e. The SMILES string of the molecule is CC(C)C[C@H](NC(=O)[C@H]1CCCN(C(=O)C2CC2)C1)c1cccs1. The van der Waals surface area contributed by atoms with Crippen molar-refractivity contribution >= 4 is 23.2 Å². The maximum Gasteiger partial charge on any atom is 0.225 e. The third-order valence-corrected chi connectivity index (χ3v) is 5.93. The van der Waals surface area contributed by atoms with Crippen molar-refractivity contribution in [2.24, 2.45) is 17.8 Å². The average molecular weight is 349 g/mol. The molecular weight excluding hydrogens is 320 g/mol. The molecule has 0 spiro atoms. The molecule has 3 rings (SSSR count). The van der Waals surface area contributed by atoms with Crippen LogP contribution in [0.3, 0.4) is 0 Å². The minimum absolute atomic E-state index is 0.0592. The van der Waals surface area contributed by atoms with Gasteiger partial charge in [-0.05, 0) is 49.5 Å². The van der Waals surface area contributed by atoms with Crippen molar-refractivity contribution in [2.45, 2.75) is 52.0 Å². The van der Waals surface area contributed by atoms with E-state index in [1.54, 1.807) is 11.3 Å². The number of rotatable bonds is 6. The van der Waals surface area contributed by atoms with E-state index < -0.39 is 0 Å². The molecule has 2 aliphatic rings. The van der Waals surface area contributed by atoms with Crippen LogP contribution in [-0.4, -0.2) is 29.8 Å². The van der Waals surface area contributed by atoms with Gasteiger partial charge in [0.05, 0.1) is 12.0 Å². The summed E-state index contributed by atoms with van der Waals surface area (Å²) in [6.07, 6.45) is 4.83. The number of amides is 2. The van der Waals surface area contributed by atoms with Crippen LogP contribution in [0.4, 0.5) is 0 Å². The van der Waals surface area contributed by atoms with Crippen LogP contribution in [-0.2, 0) is 9.59 Å². The zero-order chi connectivity index (χ0) is 17.1. The molecule has 5 heteroatoms. The fraction of sp³-hybridized carbons (Fsp3) is 0.684. The van der Waals surface area contributed by atoms with Crippen molar-refractivity contribution in [1.82, 2.24) is 10.2 Å². The normalized spacial score (nSPS) is 22.5. The van der Waals surface area contributed by atoms with Gasteiger partial charge in [-0.1, -0.05) is 19.9 Å². The summed E-state index contributed by atoms with van der Waals surface area (Å²) in [6, 6.07) is 4.23. The van der Waals surface area contributed by atoms with Gasteiger partial charge in [0.25, 0.3) is 0 Å². The fourth-order valence-electron chi connectivity index (χ4n) is 3.48. The van der Waals surface area contributed by atoms with Gasteiger partial charge in [-0.25, -0.2) is 0 Å². The molecule has 1 N–H and O–H groups in total. The Balaban J connectivity index is 1.60. The lowest BCUT2D eigenvalue weighted by Crippen LogP contribution is -2.46. The highest BCUT2D eigenvalue weighted by molar-refractivity contribution is 7.10. The van der Waals surface area contributed by atoms with Gasteiger partial charge in [0.15, 0.2) is 0 Å². The average Bonchev–Trinajstić information content (AvgIpc) is 3.27. The van der Waals surface area contributed by atoms with E-state index in [2.05, 4.69) is 30.6 Å². The lowest BCUT2D eigenvalue weighted by atomic mass is 9.95. The molecule has 1 saturated carbocycles. The van der Waals surface area contributed by atoms with Gasteiger partial charge in [-0.3, -0.25) is 9.59 Å². The molecule has 2 amide bonds. The smallest absolute Gasteiger partial charge is 0.225 e. The van der Waals surface area contributed by atoms with Crippen LogP contribution < -0.4 is 5.32 Å². The molecule has 0 bridgehead atoms. The zero-order valence-corrected chi connectivity index (χ0v) is 15.5. The standard InChI is InChI=1S/C19H28N2O2S/c1-13(2)11-16(17-6-4-10-24-17)20-18(22)15-5-3-9-21(12-15)19(23)14-7-8-14/h4,6,10,13-16H,3,5,7-9,11-12H2,1-2H3,(H,20,22)/t15-,16-/m0/s1. The predicted octanol–water partition coefficient (Wildman–Crippen LogP) is 3.60. The van der Waals surface area contributed by atoms with E-state index in [1.807, 2.05) is 11.0 Å². The number of nitrogens with zero attached hydrogens (tertiary/aromatic N) is 1. The maximum absolute atomic E-state index is 12.8. The molecule has 1 aliphatic carbocycles. The third kappa shape index (κ3) is 4.38. The Morgan fingerprint density at radius 1 is 1.29 bits per heavy atom. The highest BCUT2D eigenvalue weighted by Gasteiger charge is 2.37. The van der Waals surface area contributed by atoms with Crippen LogP contribution in [0.5, 0.6) is 0 Å². The van der Waals surface area contributed by atoms with E-state index in [0.717, 1.165) is 38.6 Å². The number of hydrogen-bond acceptors (Lipinski definition) is 3. The Labute approximate surface area is 148 Å². The van der Waals surface area contributed by atoms with Crippen LogP contribution >= 0.6 is 11.3 Å². The number of piperidine rings is 1. The molecule has 1 saturated heterocycles. The first-order chi connectivity index (χ1) is 11.5. The molecule has 1 aromatic rings. The van der Waals surface area contributed by atoms with E-state index in [1.165, 1.54) is 4.88 Å². The lowest BCUT2D eigenvalue weighted by Gasteiger charge is -2.33. The summed E-state index contributed by atoms with van der Waals surface area (Å²) in [6.45, 7) is 5.78. The van der Waals surface area contributed by atoms with Crippen molar-refractivity contribution in [3.63, 3.8) is 0 Å². The first kappa shape index (κ1) is 17.5. The number of likely N-dealkylation sites (tertiary alicyclic amines) is 1. The summed E-state index contributed by atoms with van der Waals surface area (Å²) in [5, 5.41) is 5.32. The fourth-order valence-corrected chi connectivity index (χ4v) is 4.27. The second kappa shape index (κ2) is 7.68. The minimum atomic E-state index is -0.0592. The summed E-state index contributed by atoms with van der Waals surface area (Å²) in [5.41, 5.74) is 0. The van der Waals surface area contributed by atoms with Gasteiger partial charge in [-0.2, -0.15) is 0 Å². The Bertz CT molecular complexity index is 566. The van der Waals surface area contributed by atoms with Crippen molar-refractivity contribution in [3.8, 4) is 0 Å². The van der Waals surface area contributed by atoms with E-state index in [4.69, 9.17) is 0 Å². The number of carbonyl (C=O) groups is 2. The van der Waals surface area contributed by atoms with Gasteiger partial charge in [0, 0.05) is 23.9 Å². The first-order valence-corrected chi connectivity index (χ1v) is 10.0. The van der Waals surface area contributed by atoms with Crippen LogP contribution in [0.25, 0.3) is 0 Å². The second-order valence-corrected chi connectivity index (χ2v) is 8.58. The highest BCUT2D eigenvalue weighted by Crippen LogP contribution is 2.33. The molecule has 2 fully saturated rings. The van der Waals surface area contributed by atoms with E-state index >= 15 is 0 Å². The Kier molecular flexibility index (Phi) is 5.59. The molecule has 4 nitrogen and oxygen atoms in total. The molecule has 0 radical (unpaired) electrons. The molecular formula is C19H28N2O2S. The zero-order valence-electron chi connectivity index (χ0n) is 14.7. The number of nitrogens with one attached hydrogen (secondary N) is 1. The van der Waals surface area contributed by atoms with Crippen LogP contribution in [0, 0.1) is 17.8 Å². The van der Waals surface area contributed by atoms with Crippen molar-refractivity contribution < 1.29 is 9.59 Å². The number of hydrogen-bond donors (Lipinski definition) is 1. The van der Waals surface area contributed by atoms with Crippen LogP contribution in [0.2, 0.25) is 0 Å². The molecule has 2 atom stereocenters. The van der Waals surface area contributed by atoms with Crippen molar-refractivity contribution in [3.05, 3.63) is 22.4 Å². The van der Waals surface area contributed by atoms with Gasteiger partial charge in [0.1, 0.15) is 0 Å². The van der Waals surface area contributed by atoms with Gasteiger partial charge < -0.3 is 10.2 Å². The number of carbonyl (C=O) groups excluding carboxylic acids is 2. The van der Waals surface area contributed by atoms with Crippen molar-refractivity contribution in [1.29, 1.82) is 0 Å². The Morgan fingerprint density at radius 3 is 2.71 bits per heavy atom. The summed E-state index contributed by atoms with van der Waals surface area (Å²) in [5.74, 6) is 1.09. The summed E-state index contributed by atoms with van der Waals surface area (Å²) in [4.78, 5) is 28.2. The summed E-state index contributed by atoms with van der Waals surface area (Å²) < 4.78 is 0. The molecule has 0 unspecified atom stereocenters. The van der Waals surface area contributed by atoms with Crippen LogP contribution in [0.15, 0.2) is 17.5 Å². The van der Waals surface area contributed by atoms with Gasteiger partial charge >= 0.3 is 0 Å². The largest absolute Gasteiger partial charge is 0.348 e. The molecule has 24 heavy (non-hydrogen) atoms. The van der Waals surface area contributed by atoms with E-state index in [9.17, 15) is 9.59 Å². The molecule has 132 valence electrons. The molecule has 1 aliphatic heterocycles. The predicted molar refractivity (Wildman–Crippen MR) is 96.7 cm³/mol. The topological polar surface area (TPSA) is 49.4 Å². The molecule has 0 aromatic carbocycles. The summed E-state index contributed by atoms with van der Waals surface area (Å²) >= 11 is 1.70. The monoisotopic (exact) mass is 348 g/mol. The van der Waals surface area contributed by atoms with E-state index in [0.29, 0.717) is 12.5 Å². The van der Waals surface area contributed by atoms with Gasteiger partial charge in [0.2, 0.25) is 11.8 Å². The summed E-state index contributed by atoms with van der Waals surface area (Å²) in [7, 11) is 0. The molecule has 1 aromatic heterocycles. The van der Waals surface area contributed by atoms with Crippen LogP contribution in [0.1, 0.15) is 56.9 Å². The van der Waals surface area contributed by atoms with Crippen molar-refractivity contribution in [2.75, 3.05) is 13.1 Å². The quantitative estimate of drug-likeness (QED) is 0.854. The Morgan fingerprint density at radius 2 is 2.08 bits per heavy atom. The highest BCUT2D eigenvalue weighted by atomic mass is 32.1. The Hall–Kier alpha value is -1.36. The third-order valence-electron chi connectivity index (χ3n) is 4.94. The second-order valence-electron chi connectivity index (χ2n) is 7.60.